The molecule has 2 heterocycles. The number of halogens is 1. The number of likely N-dealkylation sites (N-methyl/N-ethyl adjacent to an activating group) is 1. The van der Waals surface area contributed by atoms with Crippen molar-refractivity contribution >= 4 is 6.03 Å². The molecule has 6 nitrogen and oxygen atoms in total. The SMILES string of the molecule is CCN1CCCC(NC(=O)NC2CCN(Cc3ccc(OC)c(F)c3)CC2)C1. The van der Waals surface area contributed by atoms with E-state index in [0.29, 0.717) is 0 Å². The van der Waals surface area contributed by atoms with Crippen LogP contribution in [-0.2, 0) is 6.54 Å². The van der Waals surface area contributed by atoms with Gasteiger partial charge in [-0.1, -0.05) is 13.0 Å². The van der Waals surface area contributed by atoms with E-state index in [1.165, 1.54) is 7.11 Å². The molecule has 2 aliphatic heterocycles. The van der Waals surface area contributed by atoms with Crippen molar-refractivity contribution in [3.05, 3.63) is 29.6 Å². The Morgan fingerprint density at radius 3 is 2.57 bits per heavy atom. The van der Waals surface area contributed by atoms with Crippen molar-refractivity contribution in [3.8, 4) is 5.75 Å². The quantitative estimate of drug-likeness (QED) is 0.781. The summed E-state index contributed by atoms with van der Waals surface area (Å²) in [6.07, 6.45) is 4.03. The molecule has 0 aromatic heterocycles. The number of likely N-dealkylation sites (tertiary alicyclic amines) is 2. The molecule has 0 spiro atoms. The van der Waals surface area contributed by atoms with Crippen LogP contribution < -0.4 is 15.4 Å². The molecule has 1 atom stereocenters. The maximum Gasteiger partial charge on any atom is 0.315 e. The molecule has 28 heavy (non-hydrogen) atoms. The van der Waals surface area contributed by atoms with Crippen LogP contribution in [0.3, 0.4) is 0 Å². The number of hydrogen-bond donors (Lipinski definition) is 2. The molecule has 156 valence electrons. The summed E-state index contributed by atoms with van der Waals surface area (Å²) in [5.41, 5.74) is 0.945. The summed E-state index contributed by atoms with van der Waals surface area (Å²) in [4.78, 5) is 17.0. The number of nitrogens with one attached hydrogen (secondary N) is 2. The number of carbonyl (C=O) groups is 1. The third-order valence-electron chi connectivity index (χ3n) is 5.83. The van der Waals surface area contributed by atoms with Crippen molar-refractivity contribution in [2.24, 2.45) is 0 Å². The molecule has 0 saturated carbocycles. The molecule has 2 fully saturated rings. The van der Waals surface area contributed by atoms with Gasteiger partial charge >= 0.3 is 6.03 Å². The number of urea groups is 1. The molecular formula is C21H33FN4O2. The van der Waals surface area contributed by atoms with Gasteiger partial charge in [0.1, 0.15) is 0 Å². The number of methoxy groups -OCH3 is 1. The van der Waals surface area contributed by atoms with Gasteiger partial charge in [0.05, 0.1) is 7.11 Å². The highest BCUT2D eigenvalue weighted by atomic mass is 19.1. The first kappa shape index (κ1) is 20.9. The lowest BCUT2D eigenvalue weighted by molar-refractivity contribution is 0.175. The molecule has 1 aromatic carbocycles. The Labute approximate surface area is 167 Å². The van der Waals surface area contributed by atoms with Crippen LogP contribution in [0.25, 0.3) is 0 Å². The number of amides is 2. The second kappa shape index (κ2) is 10.1. The molecular weight excluding hydrogens is 359 g/mol. The third kappa shape index (κ3) is 5.82. The van der Waals surface area contributed by atoms with Crippen LogP contribution in [0.1, 0.15) is 38.2 Å². The largest absolute Gasteiger partial charge is 0.494 e. The van der Waals surface area contributed by atoms with E-state index >= 15 is 0 Å². The summed E-state index contributed by atoms with van der Waals surface area (Å²) in [7, 11) is 1.47. The van der Waals surface area contributed by atoms with E-state index in [1.807, 2.05) is 6.07 Å². The first-order chi connectivity index (χ1) is 13.6. The van der Waals surface area contributed by atoms with Crippen LogP contribution in [-0.4, -0.2) is 67.7 Å². The molecule has 0 aliphatic carbocycles. The van der Waals surface area contributed by atoms with Gasteiger partial charge in [0.15, 0.2) is 11.6 Å². The van der Waals surface area contributed by atoms with E-state index in [0.717, 1.165) is 70.5 Å². The third-order valence-corrected chi connectivity index (χ3v) is 5.83. The van der Waals surface area contributed by atoms with Crippen LogP contribution in [0.4, 0.5) is 9.18 Å². The zero-order valence-electron chi connectivity index (χ0n) is 17.0. The fourth-order valence-corrected chi connectivity index (χ4v) is 4.17. The molecule has 2 amide bonds. The zero-order valence-corrected chi connectivity index (χ0v) is 17.0. The number of hydrogen-bond acceptors (Lipinski definition) is 4. The highest BCUT2D eigenvalue weighted by Crippen LogP contribution is 2.20. The van der Waals surface area contributed by atoms with Crippen LogP contribution in [0.15, 0.2) is 18.2 Å². The van der Waals surface area contributed by atoms with E-state index in [9.17, 15) is 9.18 Å². The van der Waals surface area contributed by atoms with E-state index in [2.05, 4.69) is 27.4 Å². The summed E-state index contributed by atoms with van der Waals surface area (Å²) in [6, 6.07) is 5.53. The Bertz CT molecular complexity index is 649. The number of ether oxygens (including phenoxy) is 1. The average molecular weight is 393 g/mol. The van der Waals surface area contributed by atoms with Crippen molar-refractivity contribution in [1.29, 1.82) is 0 Å². The molecule has 2 saturated heterocycles. The lowest BCUT2D eigenvalue weighted by atomic mass is 10.0. The number of rotatable bonds is 6. The molecule has 1 aromatic rings. The molecule has 2 aliphatic rings. The van der Waals surface area contributed by atoms with E-state index in [-0.39, 0.29) is 29.7 Å². The summed E-state index contributed by atoms with van der Waals surface area (Å²) < 4.78 is 18.8. The molecule has 7 heteroatoms. The lowest BCUT2D eigenvalue weighted by Crippen LogP contribution is -2.53. The molecule has 0 radical (unpaired) electrons. The van der Waals surface area contributed by atoms with Gasteiger partial charge in [-0.2, -0.15) is 0 Å². The number of nitrogens with zero attached hydrogens (tertiary/aromatic N) is 2. The summed E-state index contributed by atoms with van der Waals surface area (Å²) in [5, 5.41) is 6.28. The average Bonchev–Trinajstić information content (AvgIpc) is 2.70. The van der Waals surface area contributed by atoms with Crippen LogP contribution in [0.5, 0.6) is 5.75 Å². The predicted octanol–water partition coefficient (Wildman–Crippen LogP) is 2.58. The van der Waals surface area contributed by atoms with Crippen molar-refractivity contribution < 1.29 is 13.9 Å². The number of benzene rings is 1. The fraction of sp³-hybridized carbons (Fsp3) is 0.667. The topological polar surface area (TPSA) is 56.8 Å². The van der Waals surface area contributed by atoms with Crippen LogP contribution in [0, 0.1) is 5.82 Å². The molecule has 2 N–H and O–H groups in total. The minimum Gasteiger partial charge on any atom is -0.494 e. The minimum atomic E-state index is -0.322. The lowest BCUT2D eigenvalue weighted by Gasteiger charge is -2.34. The Morgan fingerprint density at radius 2 is 1.89 bits per heavy atom. The minimum absolute atomic E-state index is 0.0429. The molecule has 1 unspecified atom stereocenters. The van der Waals surface area contributed by atoms with Crippen molar-refractivity contribution in [3.63, 3.8) is 0 Å². The zero-order chi connectivity index (χ0) is 19.9. The number of carbonyl (C=O) groups excluding carboxylic acids is 1. The van der Waals surface area contributed by atoms with Gasteiger partial charge in [-0.15, -0.1) is 0 Å². The van der Waals surface area contributed by atoms with E-state index in [4.69, 9.17) is 4.74 Å². The summed E-state index contributed by atoms with van der Waals surface area (Å²) in [5.74, 6) is -0.0460. The second-order valence-corrected chi connectivity index (χ2v) is 7.87. The molecule has 0 bridgehead atoms. The van der Waals surface area contributed by atoms with Gasteiger partial charge < -0.3 is 20.3 Å². The monoisotopic (exact) mass is 392 g/mol. The second-order valence-electron chi connectivity index (χ2n) is 7.87. The van der Waals surface area contributed by atoms with E-state index in [1.54, 1.807) is 12.1 Å². The van der Waals surface area contributed by atoms with Crippen molar-refractivity contribution in [2.75, 3.05) is 39.8 Å². The van der Waals surface area contributed by atoms with Crippen molar-refractivity contribution in [1.82, 2.24) is 20.4 Å². The summed E-state index contributed by atoms with van der Waals surface area (Å²) >= 11 is 0. The maximum atomic E-state index is 13.8. The van der Waals surface area contributed by atoms with Gasteiger partial charge in [-0.05, 0) is 56.5 Å². The van der Waals surface area contributed by atoms with Gasteiger partial charge in [0.2, 0.25) is 0 Å². The fourth-order valence-electron chi connectivity index (χ4n) is 4.17. The number of piperidine rings is 2. The first-order valence-electron chi connectivity index (χ1n) is 10.4. The van der Waals surface area contributed by atoms with Gasteiger partial charge in [0.25, 0.3) is 0 Å². The van der Waals surface area contributed by atoms with E-state index < -0.39 is 0 Å². The first-order valence-corrected chi connectivity index (χ1v) is 10.4. The van der Waals surface area contributed by atoms with Gasteiger partial charge in [-0.25, -0.2) is 9.18 Å². The van der Waals surface area contributed by atoms with Crippen LogP contribution in [0.2, 0.25) is 0 Å². The maximum absolute atomic E-state index is 13.8. The normalized spacial score (nSPS) is 22.0. The smallest absolute Gasteiger partial charge is 0.315 e. The Kier molecular flexibility index (Phi) is 7.50. The Hall–Kier alpha value is -1.86. The standard InChI is InChI=1S/C21H33FN4O2/c1-3-25-10-4-5-18(15-25)24-21(27)23-17-8-11-26(12-9-17)14-16-6-7-20(28-2)19(22)13-16/h6-7,13,17-18H,3-5,8-12,14-15H2,1-2H3,(H2,23,24,27). The Balaban J connectivity index is 1.39. The highest BCUT2D eigenvalue weighted by Gasteiger charge is 2.24. The summed E-state index contributed by atoms with van der Waals surface area (Å²) in [6.45, 7) is 7.78. The van der Waals surface area contributed by atoms with Gasteiger partial charge in [0, 0.05) is 38.3 Å². The highest BCUT2D eigenvalue weighted by molar-refractivity contribution is 5.74. The van der Waals surface area contributed by atoms with Gasteiger partial charge in [-0.3, -0.25) is 4.90 Å². The van der Waals surface area contributed by atoms with Crippen LogP contribution >= 0.6 is 0 Å². The van der Waals surface area contributed by atoms with Crippen molar-refractivity contribution in [2.45, 2.75) is 51.2 Å². The predicted molar refractivity (Wildman–Crippen MR) is 108 cm³/mol. The Morgan fingerprint density at radius 1 is 1.14 bits per heavy atom. The molecule has 3 rings (SSSR count).